The summed E-state index contributed by atoms with van der Waals surface area (Å²) in [6.07, 6.45) is 1.77. The molecular weight excluding hydrogens is 320 g/mol. The predicted octanol–water partition coefficient (Wildman–Crippen LogP) is 5.69. The van der Waals surface area contributed by atoms with Crippen LogP contribution in [0.1, 0.15) is 44.9 Å². The molecule has 2 N–H and O–H groups in total. The van der Waals surface area contributed by atoms with Crippen LogP contribution in [0.25, 0.3) is 0 Å². The van der Waals surface area contributed by atoms with Gasteiger partial charge in [-0.1, -0.05) is 69.3 Å². The van der Waals surface area contributed by atoms with E-state index < -0.39 is 0 Å². The molecule has 1 unspecified atom stereocenters. The van der Waals surface area contributed by atoms with Crippen molar-refractivity contribution in [1.82, 2.24) is 9.97 Å². The number of aromatic nitrogens is 2. The third-order valence-electron chi connectivity index (χ3n) is 4.30. The second kappa shape index (κ2) is 7.56. The molecule has 0 spiro atoms. The molecule has 26 heavy (non-hydrogen) atoms. The number of anilines is 3. The maximum atomic E-state index is 4.62. The maximum absolute atomic E-state index is 4.62. The van der Waals surface area contributed by atoms with Gasteiger partial charge in [-0.05, 0) is 35.6 Å². The van der Waals surface area contributed by atoms with Crippen LogP contribution in [0.2, 0.25) is 0 Å². The van der Waals surface area contributed by atoms with Crippen LogP contribution in [-0.2, 0) is 5.41 Å². The highest BCUT2D eigenvalue weighted by molar-refractivity contribution is 5.61. The van der Waals surface area contributed by atoms with Crippen molar-refractivity contribution in [3.05, 3.63) is 78.0 Å². The zero-order chi connectivity index (χ0) is 18.6. The van der Waals surface area contributed by atoms with Crippen molar-refractivity contribution < 1.29 is 0 Å². The summed E-state index contributed by atoms with van der Waals surface area (Å²) in [7, 11) is 0. The van der Waals surface area contributed by atoms with Gasteiger partial charge in [0, 0.05) is 17.9 Å². The predicted molar refractivity (Wildman–Crippen MR) is 109 cm³/mol. The van der Waals surface area contributed by atoms with Crippen LogP contribution in [-0.4, -0.2) is 9.97 Å². The fourth-order valence-electron chi connectivity index (χ4n) is 2.91. The quantitative estimate of drug-likeness (QED) is 0.623. The minimum atomic E-state index is 0.0429. The van der Waals surface area contributed by atoms with Gasteiger partial charge < -0.3 is 10.6 Å². The first-order valence-corrected chi connectivity index (χ1v) is 8.94. The van der Waals surface area contributed by atoms with Crippen LogP contribution in [0.3, 0.4) is 0 Å². The van der Waals surface area contributed by atoms with Crippen LogP contribution in [0.5, 0.6) is 0 Å². The van der Waals surface area contributed by atoms with E-state index in [-0.39, 0.29) is 11.5 Å². The Bertz CT molecular complexity index is 853. The lowest BCUT2D eigenvalue weighted by atomic mass is 9.86. The average Bonchev–Trinajstić information content (AvgIpc) is 2.62. The van der Waals surface area contributed by atoms with Gasteiger partial charge in [-0.25, -0.2) is 4.98 Å². The van der Waals surface area contributed by atoms with Gasteiger partial charge in [0.25, 0.3) is 0 Å². The summed E-state index contributed by atoms with van der Waals surface area (Å²) in [6.45, 7) is 8.73. The fourth-order valence-corrected chi connectivity index (χ4v) is 2.91. The number of rotatable bonds is 5. The van der Waals surface area contributed by atoms with E-state index in [1.807, 2.05) is 30.3 Å². The zero-order valence-corrected chi connectivity index (χ0v) is 15.8. The Morgan fingerprint density at radius 2 is 1.58 bits per heavy atom. The van der Waals surface area contributed by atoms with Gasteiger partial charge in [0.15, 0.2) is 0 Å². The summed E-state index contributed by atoms with van der Waals surface area (Å²) in [5, 5.41) is 6.81. The molecule has 3 rings (SSSR count). The van der Waals surface area contributed by atoms with Crippen LogP contribution < -0.4 is 10.6 Å². The Hall–Kier alpha value is -2.88. The third-order valence-corrected chi connectivity index (χ3v) is 4.30. The lowest BCUT2D eigenvalue weighted by molar-refractivity contribution is 0.592. The molecule has 0 radical (unpaired) electrons. The van der Waals surface area contributed by atoms with E-state index in [9.17, 15) is 0 Å². The molecule has 0 amide bonds. The van der Waals surface area contributed by atoms with E-state index >= 15 is 0 Å². The SMILES string of the molecule is CC(Nc1ccnc(Nc2ccccc2C(C)(C)C)n1)c1ccccc1. The molecule has 1 heterocycles. The molecular formula is C22H26N4. The van der Waals surface area contributed by atoms with E-state index in [0.717, 1.165) is 11.5 Å². The average molecular weight is 346 g/mol. The minimum Gasteiger partial charge on any atom is -0.363 e. The highest BCUT2D eigenvalue weighted by Crippen LogP contribution is 2.30. The molecule has 0 aliphatic rings. The Kier molecular flexibility index (Phi) is 5.21. The molecule has 4 nitrogen and oxygen atoms in total. The topological polar surface area (TPSA) is 49.8 Å². The van der Waals surface area contributed by atoms with Crippen LogP contribution >= 0.6 is 0 Å². The molecule has 1 atom stereocenters. The van der Waals surface area contributed by atoms with Crippen molar-refractivity contribution in [3.8, 4) is 0 Å². The summed E-state index contributed by atoms with van der Waals surface area (Å²) in [6, 6.07) is 20.7. The standard InChI is InChI=1S/C22H26N4/c1-16(17-10-6-5-7-11-17)24-20-14-15-23-21(26-20)25-19-13-9-8-12-18(19)22(2,3)4/h5-16H,1-4H3,(H2,23,24,25,26). The Labute approximate surface area is 155 Å². The van der Waals surface area contributed by atoms with Gasteiger partial charge >= 0.3 is 0 Å². The molecule has 3 aromatic rings. The Balaban J connectivity index is 1.79. The lowest BCUT2D eigenvalue weighted by Gasteiger charge is -2.23. The van der Waals surface area contributed by atoms with Crippen LogP contribution in [0.4, 0.5) is 17.5 Å². The van der Waals surface area contributed by atoms with Gasteiger partial charge in [0.2, 0.25) is 5.95 Å². The Morgan fingerprint density at radius 3 is 2.31 bits per heavy atom. The molecule has 0 saturated heterocycles. The molecule has 0 aliphatic carbocycles. The zero-order valence-electron chi connectivity index (χ0n) is 15.8. The second-order valence-corrected chi connectivity index (χ2v) is 7.46. The molecule has 134 valence electrons. The molecule has 0 aliphatic heterocycles. The molecule has 0 saturated carbocycles. The van der Waals surface area contributed by atoms with Gasteiger partial charge in [-0.2, -0.15) is 4.98 Å². The van der Waals surface area contributed by atoms with Crippen molar-refractivity contribution in [3.63, 3.8) is 0 Å². The van der Waals surface area contributed by atoms with E-state index in [1.165, 1.54) is 11.1 Å². The van der Waals surface area contributed by atoms with E-state index in [2.05, 4.69) is 78.6 Å². The van der Waals surface area contributed by atoms with Crippen LogP contribution in [0.15, 0.2) is 66.9 Å². The normalized spacial score (nSPS) is 12.5. The maximum Gasteiger partial charge on any atom is 0.229 e. The fraction of sp³-hybridized carbons (Fsp3) is 0.273. The number of hydrogen-bond acceptors (Lipinski definition) is 4. The van der Waals surface area contributed by atoms with Crippen molar-refractivity contribution in [1.29, 1.82) is 0 Å². The molecule has 0 fully saturated rings. The van der Waals surface area contributed by atoms with Crippen molar-refractivity contribution >= 4 is 17.5 Å². The van der Waals surface area contributed by atoms with E-state index in [1.54, 1.807) is 6.20 Å². The summed E-state index contributed by atoms with van der Waals surface area (Å²) < 4.78 is 0. The molecule has 2 aromatic carbocycles. The van der Waals surface area contributed by atoms with Crippen molar-refractivity contribution in [2.24, 2.45) is 0 Å². The molecule has 1 aromatic heterocycles. The summed E-state index contributed by atoms with van der Waals surface area (Å²) >= 11 is 0. The first-order valence-electron chi connectivity index (χ1n) is 8.94. The van der Waals surface area contributed by atoms with Gasteiger partial charge in [-0.15, -0.1) is 0 Å². The number of para-hydroxylation sites is 1. The van der Waals surface area contributed by atoms with Gasteiger partial charge in [0.1, 0.15) is 5.82 Å². The first kappa shape index (κ1) is 17.9. The largest absolute Gasteiger partial charge is 0.363 e. The summed E-state index contributed by atoms with van der Waals surface area (Å²) in [5.74, 6) is 1.39. The number of nitrogens with one attached hydrogen (secondary N) is 2. The summed E-state index contributed by atoms with van der Waals surface area (Å²) in [5.41, 5.74) is 3.54. The number of nitrogens with zero attached hydrogens (tertiary/aromatic N) is 2. The number of benzene rings is 2. The smallest absolute Gasteiger partial charge is 0.229 e. The third kappa shape index (κ3) is 4.39. The molecule has 0 bridgehead atoms. The minimum absolute atomic E-state index is 0.0429. The molecule has 4 heteroatoms. The summed E-state index contributed by atoms with van der Waals surface area (Å²) in [4.78, 5) is 9.00. The number of hydrogen-bond donors (Lipinski definition) is 2. The lowest BCUT2D eigenvalue weighted by Crippen LogP contribution is -2.14. The van der Waals surface area contributed by atoms with Crippen LogP contribution in [0, 0.1) is 0 Å². The van der Waals surface area contributed by atoms with Gasteiger partial charge in [0.05, 0.1) is 0 Å². The highest BCUT2D eigenvalue weighted by atomic mass is 15.1. The van der Waals surface area contributed by atoms with E-state index in [4.69, 9.17) is 0 Å². The van der Waals surface area contributed by atoms with E-state index in [0.29, 0.717) is 5.95 Å². The van der Waals surface area contributed by atoms with Gasteiger partial charge in [-0.3, -0.25) is 0 Å². The highest BCUT2D eigenvalue weighted by Gasteiger charge is 2.18. The van der Waals surface area contributed by atoms with Crippen molar-refractivity contribution in [2.75, 3.05) is 10.6 Å². The Morgan fingerprint density at radius 1 is 0.885 bits per heavy atom. The first-order chi connectivity index (χ1) is 12.4. The second-order valence-electron chi connectivity index (χ2n) is 7.46. The van der Waals surface area contributed by atoms with Crippen molar-refractivity contribution in [2.45, 2.75) is 39.2 Å². The monoisotopic (exact) mass is 346 g/mol.